The molecule has 1 aromatic carbocycles. The van der Waals surface area contributed by atoms with Crippen LogP contribution in [0.3, 0.4) is 0 Å². The summed E-state index contributed by atoms with van der Waals surface area (Å²) < 4.78 is 53.5. The fraction of sp³-hybridized carbons (Fsp3) is 0.538. The van der Waals surface area contributed by atoms with Gasteiger partial charge in [0.25, 0.3) is 0 Å². The maximum absolute atomic E-state index is 13.7. The molecule has 1 atom stereocenters. The summed E-state index contributed by atoms with van der Waals surface area (Å²) in [7, 11) is 0. The summed E-state index contributed by atoms with van der Waals surface area (Å²) in [4.78, 5) is 2.15. The molecular weight excluding hydrogens is 347 g/mol. The van der Waals surface area contributed by atoms with Gasteiger partial charge < -0.3 is 10.1 Å². The molecule has 1 aromatic rings. The van der Waals surface area contributed by atoms with Crippen LogP contribution >= 0.6 is 24.8 Å². The molecule has 0 amide bonds. The van der Waals surface area contributed by atoms with Crippen molar-refractivity contribution in [1.29, 1.82) is 0 Å². The van der Waals surface area contributed by atoms with Crippen LogP contribution in [-0.4, -0.2) is 37.4 Å². The van der Waals surface area contributed by atoms with Gasteiger partial charge in [0.2, 0.25) is 0 Å². The Bertz CT molecular complexity index is 468. The highest BCUT2D eigenvalue weighted by atomic mass is 35.5. The highest BCUT2D eigenvalue weighted by Crippen LogP contribution is 2.29. The fourth-order valence-electron chi connectivity index (χ4n) is 2.26. The van der Waals surface area contributed by atoms with Gasteiger partial charge in [-0.15, -0.1) is 38.0 Å². The minimum Gasteiger partial charge on any atom is -0.403 e. The molecule has 1 heterocycles. The van der Waals surface area contributed by atoms with E-state index in [1.54, 1.807) is 0 Å². The van der Waals surface area contributed by atoms with Crippen molar-refractivity contribution in [1.82, 2.24) is 10.2 Å². The Labute approximate surface area is 138 Å². The molecular formula is C13H18Cl2F4N2O. The van der Waals surface area contributed by atoms with Crippen LogP contribution in [0, 0.1) is 5.82 Å². The molecule has 1 saturated heterocycles. The van der Waals surface area contributed by atoms with Gasteiger partial charge in [0.05, 0.1) is 0 Å². The number of hydrogen-bond acceptors (Lipinski definition) is 3. The van der Waals surface area contributed by atoms with Crippen molar-refractivity contribution in [2.45, 2.75) is 19.3 Å². The number of rotatable bonds is 3. The summed E-state index contributed by atoms with van der Waals surface area (Å²) in [5.41, 5.74) is 0.638. The van der Waals surface area contributed by atoms with E-state index in [9.17, 15) is 17.6 Å². The van der Waals surface area contributed by atoms with Crippen molar-refractivity contribution < 1.29 is 22.3 Å². The quantitative estimate of drug-likeness (QED) is 0.830. The maximum Gasteiger partial charge on any atom is 0.573 e. The zero-order valence-electron chi connectivity index (χ0n) is 11.8. The van der Waals surface area contributed by atoms with E-state index in [4.69, 9.17) is 0 Å². The van der Waals surface area contributed by atoms with Gasteiger partial charge in [-0.1, -0.05) is 6.07 Å². The van der Waals surface area contributed by atoms with Crippen LogP contribution in [0.1, 0.15) is 18.5 Å². The van der Waals surface area contributed by atoms with Gasteiger partial charge in [-0.2, -0.15) is 0 Å². The highest BCUT2D eigenvalue weighted by molar-refractivity contribution is 5.85. The molecule has 128 valence electrons. The number of piperazine rings is 1. The fourth-order valence-corrected chi connectivity index (χ4v) is 2.26. The Balaban J connectivity index is 0.00000220. The lowest BCUT2D eigenvalue weighted by Gasteiger charge is -2.33. The summed E-state index contributed by atoms with van der Waals surface area (Å²) >= 11 is 0. The Morgan fingerprint density at radius 3 is 2.27 bits per heavy atom. The molecule has 1 aliphatic rings. The average molecular weight is 365 g/mol. The maximum atomic E-state index is 13.7. The van der Waals surface area contributed by atoms with E-state index in [2.05, 4.69) is 15.0 Å². The van der Waals surface area contributed by atoms with Crippen LogP contribution in [0.15, 0.2) is 18.2 Å². The minimum absolute atomic E-state index is 0. The normalized spacial score (nSPS) is 17.1. The molecule has 2 rings (SSSR count). The largest absolute Gasteiger partial charge is 0.573 e. The summed E-state index contributed by atoms with van der Waals surface area (Å²) in [6, 6.07) is 3.55. The standard InChI is InChI=1S/C13H16F4N2O.2ClH/c1-9(19-6-4-18-5-7-19)10-2-3-12(11(14)8-10)20-13(15,16)17;;/h2-3,8-9,18H,4-7H2,1H3;2*1H/t9-;;/m1../s1. The molecule has 1 fully saturated rings. The first-order valence-electron chi connectivity index (χ1n) is 6.37. The predicted molar refractivity (Wildman–Crippen MR) is 80.4 cm³/mol. The summed E-state index contributed by atoms with van der Waals surface area (Å²) in [5, 5.41) is 3.21. The van der Waals surface area contributed by atoms with E-state index >= 15 is 0 Å². The second-order valence-corrected chi connectivity index (χ2v) is 4.70. The van der Waals surface area contributed by atoms with Gasteiger partial charge >= 0.3 is 6.36 Å². The van der Waals surface area contributed by atoms with Crippen molar-refractivity contribution >= 4 is 24.8 Å². The Kier molecular flexibility index (Phi) is 8.46. The smallest absolute Gasteiger partial charge is 0.403 e. The molecule has 9 heteroatoms. The van der Waals surface area contributed by atoms with E-state index in [0.717, 1.165) is 38.3 Å². The van der Waals surface area contributed by atoms with E-state index in [1.807, 2.05) is 6.92 Å². The van der Waals surface area contributed by atoms with Crippen LogP contribution in [0.4, 0.5) is 17.6 Å². The number of alkyl halides is 3. The summed E-state index contributed by atoms with van der Waals surface area (Å²) in [6.07, 6.45) is -4.88. The third-order valence-electron chi connectivity index (χ3n) is 3.36. The number of nitrogens with one attached hydrogen (secondary N) is 1. The zero-order chi connectivity index (χ0) is 14.8. The molecule has 0 bridgehead atoms. The molecule has 0 spiro atoms. The lowest BCUT2D eigenvalue weighted by molar-refractivity contribution is -0.275. The topological polar surface area (TPSA) is 24.5 Å². The zero-order valence-corrected chi connectivity index (χ0v) is 13.5. The lowest BCUT2D eigenvalue weighted by atomic mass is 10.1. The number of ether oxygens (including phenoxy) is 1. The predicted octanol–water partition coefficient (Wildman–Crippen LogP) is 3.53. The number of hydrogen-bond donors (Lipinski definition) is 1. The number of halogens is 6. The molecule has 1 aliphatic heterocycles. The van der Waals surface area contributed by atoms with Crippen molar-refractivity contribution in [3.05, 3.63) is 29.6 Å². The van der Waals surface area contributed by atoms with E-state index in [-0.39, 0.29) is 30.9 Å². The Hall–Kier alpha value is -0.760. The van der Waals surface area contributed by atoms with Gasteiger partial charge in [0.1, 0.15) is 0 Å². The van der Waals surface area contributed by atoms with E-state index in [1.165, 1.54) is 6.07 Å². The molecule has 1 N–H and O–H groups in total. The van der Waals surface area contributed by atoms with Crippen LogP contribution in [-0.2, 0) is 0 Å². The van der Waals surface area contributed by atoms with Crippen LogP contribution in [0.5, 0.6) is 5.75 Å². The molecule has 0 unspecified atom stereocenters. The van der Waals surface area contributed by atoms with Gasteiger partial charge in [0.15, 0.2) is 11.6 Å². The molecule has 0 saturated carbocycles. The third kappa shape index (κ3) is 5.79. The van der Waals surface area contributed by atoms with Crippen LogP contribution < -0.4 is 10.1 Å². The number of benzene rings is 1. The first kappa shape index (κ1) is 21.2. The summed E-state index contributed by atoms with van der Waals surface area (Å²) in [6.45, 7) is 5.25. The van der Waals surface area contributed by atoms with Gasteiger partial charge in [-0.05, 0) is 24.6 Å². The third-order valence-corrected chi connectivity index (χ3v) is 3.36. The van der Waals surface area contributed by atoms with Gasteiger partial charge in [-0.25, -0.2) is 4.39 Å². The van der Waals surface area contributed by atoms with Crippen molar-refractivity contribution in [3.63, 3.8) is 0 Å². The number of nitrogens with zero attached hydrogens (tertiary/aromatic N) is 1. The van der Waals surface area contributed by atoms with Gasteiger partial charge in [-0.3, -0.25) is 4.90 Å². The first-order chi connectivity index (χ1) is 9.37. The van der Waals surface area contributed by atoms with Gasteiger partial charge in [0, 0.05) is 32.2 Å². The summed E-state index contributed by atoms with van der Waals surface area (Å²) in [5.74, 6) is -1.80. The first-order valence-corrected chi connectivity index (χ1v) is 6.37. The second-order valence-electron chi connectivity index (χ2n) is 4.70. The SMILES string of the molecule is C[C@H](c1ccc(OC(F)(F)F)c(F)c1)N1CCNCC1.Cl.Cl. The van der Waals surface area contributed by atoms with Crippen molar-refractivity contribution in [2.24, 2.45) is 0 Å². The monoisotopic (exact) mass is 364 g/mol. The van der Waals surface area contributed by atoms with Crippen molar-refractivity contribution in [3.8, 4) is 5.75 Å². The van der Waals surface area contributed by atoms with Crippen molar-refractivity contribution in [2.75, 3.05) is 26.2 Å². The Morgan fingerprint density at radius 1 is 1.18 bits per heavy atom. The molecule has 0 aromatic heterocycles. The average Bonchev–Trinajstić information content (AvgIpc) is 2.40. The minimum atomic E-state index is -4.88. The molecule has 22 heavy (non-hydrogen) atoms. The van der Waals surface area contributed by atoms with Crippen LogP contribution in [0.25, 0.3) is 0 Å². The highest BCUT2D eigenvalue weighted by Gasteiger charge is 2.32. The second kappa shape index (κ2) is 8.76. The molecule has 0 radical (unpaired) electrons. The molecule has 3 nitrogen and oxygen atoms in total. The van der Waals surface area contributed by atoms with E-state index in [0.29, 0.717) is 5.56 Å². The Morgan fingerprint density at radius 2 is 1.77 bits per heavy atom. The molecule has 0 aliphatic carbocycles. The lowest BCUT2D eigenvalue weighted by Crippen LogP contribution is -2.44. The van der Waals surface area contributed by atoms with Crippen LogP contribution in [0.2, 0.25) is 0 Å². The van der Waals surface area contributed by atoms with E-state index < -0.39 is 17.9 Å².